The number of carbonyl (C=O) groups is 1. The monoisotopic (exact) mass is 277 g/mol. The van der Waals surface area contributed by atoms with Crippen LogP contribution in [0.3, 0.4) is 0 Å². The molecule has 0 spiro atoms. The van der Waals surface area contributed by atoms with Gasteiger partial charge >= 0.3 is 0 Å². The van der Waals surface area contributed by atoms with Gasteiger partial charge in [-0.3, -0.25) is 14.9 Å². The first-order chi connectivity index (χ1) is 9.52. The average molecular weight is 277 g/mol. The van der Waals surface area contributed by atoms with Crippen LogP contribution in [0.5, 0.6) is 0 Å². The van der Waals surface area contributed by atoms with E-state index in [1.807, 2.05) is 11.9 Å². The first-order valence-corrected chi connectivity index (χ1v) is 6.68. The van der Waals surface area contributed by atoms with E-state index in [4.69, 9.17) is 0 Å². The summed E-state index contributed by atoms with van der Waals surface area (Å²) in [4.78, 5) is 25.6. The zero-order valence-electron chi connectivity index (χ0n) is 11.8. The Morgan fingerprint density at radius 1 is 1.55 bits per heavy atom. The molecule has 1 aliphatic rings. The summed E-state index contributed by atoms with van der Waals surface area (Å²) in [6, 6.07) is 5.17. The van der Waals surface area contributed by atoms with Crippen LogP contribution in [0, 0.1) is 10.1 Å². The van der Waals surface area contributed by atoms with Crippen molar-refractivity contribution in [1.29, 1.82) is 0 Å². The Balaban J connectivity index is 2.15. The van der Waals surface area contributed by atoms with Crippen molar-refractivity contribution in [2.45, 2.75) is 18.9 Å². The number of nitrogens with zero attached hydrogens (tertiary/aromatic N) is 3. The minimum atomic E-state index is -0.530. The van der Waals surface area contributed by atoms with Gasteiger partial charge in [0.05, 0.1) is 10.5 Å². The molecule has 108 valence electrons. The topological polar surface area (TPSA) is 66.7 Å². The molecule has 0 amide bonds. The Labute approximate surface area is 118 Å². The van der Waals surface area contributed by atoms with Crippen molar-refractivity contribution in [3.05, 3.63) is 33.9 Å². The second-order valence-electron chi connectivity index (χ2n) is 5.28. The second kappa shape index (κ2) is 6.00. The lowest BCUT2D eigenvalue weighted by molar-refractivity contribution is -0.385. The van der Waals surface area contributed by atoms with Gasteiger partial charge in [0.1, 0.15) is 0 Å². The SMILES string of the molecule is CN(CC1CCCN1C)c1ccc([N+](=O)[O-])c(C=O)c1. The van der Waals surface area contributed by atoms with E-state index < -0.39 is 4.92 Å². The lowest BCUT2D eigenvalue weighted by atomic mass is 10.1. The molecule has 1 aromatic rings. The van der Waals surface area contributed by atoms with Gasteiger partial charge in [-0.15, -0.1) is 0 Å². The lowest BCUT2D eigenvalue weighted by Crippen LogP contribution is -2.36. The summed E-state index contributed by atoms with van der Waals surface area (Å²) >= 11 is 0. The largest absolute Gasteiger partial charge is 0.373 e. The van der Waals surface area contributed by atoms with Crippen LogP contribution < -0.4 is 4.90 Å². The van der Waals surface area contributed by atoms with Gasteiger partial charge in [-0.05, 0) is 38.6 Å². The maximum absolute atomic E-state index is 11.0. The zero-order valence-corrected chi connectivity index (χ0v) is 11.8. The molecule has 0 aromatic heterocycles. The van der Waals surface area contributed by atoms with Gasteiger partial charge in [0.25, 0.3) is 5.69 Å². The number of rotatable bonds is 5. The highest BCUT2D eigenvalue weighted by Gasteiger charge is 2.23. The van der Waals surface area contributed by atoms with Crippen LogP contribution in [0.1, 0.15) is 23.2 Å². The van der Waals surface area contributed by atoms with Crippen LogP contribution in [-0.2, 0) is 0 Å². The molecule has 0 bridgehead atoms. The number of likely N-dealkylation sites (tertiary alicyclic amines) is 1. The Morgan fingerprint density at radius 3 is 2.85 bits per heavy atom. The molecule has 1 atom stereocenters. The lowest BCUT2D eigenvalue weighted by Gasteiger charge is -2.27. The Hall–Kier alpha value is -1.95. The molecular formula is C14H19N3O3. The summed E-state index contributed by atoms with van der Waals surface area (Å²) in [5.74, 6) is 0. The number of carbonyl (C=O) groups excluding carboxylic acids is 1. The maximum atomic E-state index is 11.0. The molecule has 1 heterocycles. The molecule has 1 aliphatic heterocycles. The van der Waals surface area contributed by atoms with Crippen molar-refractivity contribution in [3.8, 4) is 0 Å². The first kappa shape index (κ1) is 14.5. The van der Waals surface area contributed by atoms with Crippen molar-refractivity contribution in [1.82, 2.24) is 4.90 Å². The number of hydrogen-bond donors (Lipinski definition) is 0. The molecule has 1 saturated heterocycles. The van der Waals surface area contributed by atoms with E-state index in [1.165, 1.54) is 12.5 Å². The summed E-state index contributed by atoms with van der Waals surface area (Å²) in [7, 11) is 4.06. The van der Waals surface area contributed by atoms with Gasteiger partial charge < -0.3 is 9.80 Å². The van der Waals surface area contributed by atoms with Gasteiger partial charge in [-0.2, -0.15) is 0 Å². The van der Waals surface area contributed by atoms with Crippen LogP contribution in [0.2, 0.25) is 0 Å². The fraction of sp³-hybridized carbons (Fsp3) is 0.500. The molecule has 0 aliphatic carbocycles. The van der Waals surface area contributed by atoms with Crippen LogP contribution in [0.25, 0.3) is 0 Å². The van der Waals surface area contributed by atoms with Crippen molar-refractivity contribution in [2.75, 3.05) is 32.1 Å². The fourth-order valence-corrected chi connectivity index (χ4v) is 2.67. The average Bonchev–Trinajstić information content (AvgIpc) is 2.83. The molecule has 6 nitrogen and oxygen atoms in total. The Kier molecular flexibility index (Phi) is 4.34. The number of likely N-dealkylation sites (N-methyl/N-ethyl adjacent to an activating group) is 2. The van der Waals surface area contributed by atoms with Crippen LogP contribution >= 0.6 is 0 Å². The molecule has 0 saturated carbocycles. The van der Waals surface area contributed by atoms with E-state index in [0.29, 0.717) is 12.3 Å². The van der Waals surface area contributed by atoms with Gasteiger partial charge in [0.2, 0.25) is 0 Å². The molecule has 6 heteroatoms. The highest BCUT2D eigenvalue weighted by Crippen LogP contribution is 2.24. The summed E-state index contributed by atoms with van der Waals surface area (Å²) in [5, 5.41) is 10.8. The smallest absolute Gasteiger partial charge is 0.280 e. The van der Waals surface area contributed by atoms with Crippen LogP contribution in [-0.4, -0.2) is 49.3 Å². The molecule has 0 N–H and O–H groups in total. The number of hydrogen-bond acceptors (Lipinski definition) is 5. The Morgan fingerprint density at radius 2 is 2.30 bits per heavy atom. The van der Waals surface area contributed by atoms with E-state index in [0.717, 1.165) is 25.2 Å². The number of benzene rings is 1. The minimum absolute atomic E-state index is 0.124. The summed E-state index contributed by atoms with van der Waals surface area (Å²) < 4.78 is 0. The van der Waals surface area contributed by atoms with Gasteiger partial charge in [0.15, 0.2) is 6.29 Å². The van der Waals surface area contributed by atoms with Crippen molar-refractivity contribution in [2.24, 2.45) is 0 Å². The first-order valence-electron chi connectivity index (χ1n) is 6.68. The third-order valence-electron chi connectivity index (χ3n) is 3.93. The molecule has 2 rings (SSSR count). The highest BCUT2D eigenvalue weighted by atomic mass is 16.6. The Bertz CT molecular complexity index is 518. The molecule has 1 aromatic carbocycles. The normalized spacial score (nSPS) is 19.0. The van der Waals surface area contributed by atoms with Gasteiger partial charge in [-0.1, -0.05) is 0 Å². The van der Waals surface area contributed by atoms with E-state index in [1.54, 1.807) is 12.1 Å². The quantitative estimate of drug-likeness (QED) is 0.467. The fourth-order valence-electron chi connectivity index (χ4n) is 2.67. The molecular weight excluding hydrogens is 258 g/mol. The van der Waals surface area contributed by atoms with Crippen LogP contribution in [0.15, 0.2) is 18.2 Å². The van der Waals surface area contributed by atoms with Crippen LogP contribution in [0.4, 0.5) is 11.4 Å². The third kappa shape index (κ3) is 2.96. The van der Waals surface area contributed by atoms with E-state index >= 15 is 0 Å². The zero-order chi connectivity index (χ0) is 14.7. The predicted octanol–water partition coefficient (Wildman–Crippen LogP) is 1.94. The van der Waals surface area contributed by atoms with Gasteiger partial charge in [-0.25, -0.2) is 0 Å². The van der Waals surface area contributed by atoms with Crippen molar-refractivity contribution in [3.63, 3.8) is 0 Å². The maximum Gasteiger partial charge on any atom is 0.280 e. The van der Waals surface area contributed by atoms with E-state index in [9.17, 15) is 14.9 Å². The summed E-state index contributed by atoms with van der Waals surface area (Å²) in [6.45, 7) is 1.96. The predicted molar refractivity (Wildman–Crippen MR) is 77.4 cm³/mol. The number of anilines is 1. The van der Waals surface area contributed by atoms with Gasteiger partial charge in [0, 0.05) is 31.4 Å². The summed E-state index contributed by atoms with van der Waals surface area (Å²) in [6.07, 6.45) is 2.90. The minimum Gasteiger partial charge on any atom is -0.373 e. The number of aldehydes is 1. The van der Waals surface area contributed by atoms with Crippen molar-refractivity contribution >= 4 is 17.7 Å². The number of nitro groups is 1. The second-order valence-corrected chi connectivity index (χ2v) is 5.28. The molecule has 0 radical (unpaired) electrons. The molecule has 20 heavy (non-hydrogen) atoms. The molecule has 1 unspecified atom stereocenters. The van der Waals surface area contributed by atoms with Crippen molar-refractivity contribution < 1.29 is 9.72 Å². The molecule has 1 fully saturated rings. The third-order valence-corrected chi connectivity index (χ3v) is 3.93. The summed E-state index contributed by atoms with van der Waals surface area (Å²) in [5.41, 5.74) is 0.812. The van der Waals surface area contributed by atoms with E-state index in [-0.39, 0.29) is 11.3 Å². The van der Waals surface area contributed by atoms with E-state index in [2.05, 4.69) is 11.9 Å². The number of nitro benzene ring substituents is 1. The standard InChI is InChI=1S/C14H19N3O3/c1-15-7-3-4-13(15)9-16(2)12-5-6-14(17(19)20)11(8-12)10-18/h5-6,8,10,13H,3-4,7,9H2,1-2H3. The highest BCUT2D eigenvalue weighted by molar-refractivity contribution is 5.83.